The van der Waals surface area contributed by atoms with Crippen molar-refractivity contribution in [3.8, 4) is 0 Å². The first-order valence-electron chi connectivity index (χ1n) is 10.2. The van der Waals surface area contributed by atoms with Gasteiger partial charge in [-0.2, -0.15) is 0 Å². The van der Waals surface area contributed by atoms with Crippen molar-refractivity contribution in [1.29, 1.82) is 0 Å². The lowest BCUT2D eigenvalue weighted by molar-refractivity contribution is 0.0931. The highest BCUT2D eigenvalue weighted by molar-refractivity contribution is 7.81. The smallest absolute Gasteiger partial charge is 0.266 e. The molecule has 2 atom stereocenters. The van der Waals surface area contributed by atoms with Crippen LogP contribution in [0.15, 0.2) is 77.3 Å². The number of nitrogens with one attached hydrogen (secondary N) is 1. The molecule has 2 N–H and O–H groups in total. The maximum absolute atomic E-state index is 13.3. The second kappa shape index (κ2) is 9.33. The minimum absolute atomic E-state index is 0.268. The Morgan fingerprint density at radius 2 is 1.84 bits per heavy atom. The first kappa shape index (κ1) is 21.7. The lowest BCUT2D eigenvalue weighted by atomic mass is 10.1. The zero-order chi connectivity index (χ0) is 22.7. The van der Waals surface area contributed by atoms with Crippen LogP contribution in [0.25, 0.3) is 10.9 Å². The van der Waals surface area contributed by atoms with E-state index in [0.717, 1.165) is 11.1 Å². The molecule has 2 heterocycles. The molecule has 1 amide bonds. The Morgan fingerprint density at radius 1 is 1.09 bits per heavy atom. The Balaban J connectivity index is 1.75. The highest BCUT2D eigenvalue weighted by Gasteiger charge is 2.25. The number of aryl methyl sites for hydroxylation is 1. The van der Waals surface area contributed by atoms with Crippen molar-refractivity contribution in [2.75, 3.05) is 4.31 Å². The number of hydrogen-bond acceptors (Lipinski definition) is 4. The zero-order valence-electron chi connectivity index (χ0n) is 17.7. The third-order valence-electron chi connectivity index (χ3n) is 5.17. The number of carbonyl (C=O) groups excluding carboxylic acids is 1. The second-order valence-electron chi connectivity index (χ2n) is 7.28. The van der Waals surface area contributed by atoms with Crippen molar-refractivity contribution in [3.63, 3.8) is 0 Å². The molecule has 0 bridgehead atoms. The van der Waals surface area contributed by atoms with Crippen molar-refractivity contribution in [2.45, 2.75) is 26.3 Å². The SMILES string of the molecule is CCC(NC(=O)c1ccccc1N(c1cccc2cccnc12)S(=O)O)c1ccc(C)o1. The van der Waals surface area contributed by atoms with Gasteiger partial charge in [-0.1, -0.05) is 37.3 Å². The molecule has 0 radical (unpaired) electrons. The average molecular weight is 450 g/mol. The number of pyridine rings is 1. The van der Waals surface area contributed by atoms with E-state index in [-0.39, 0.29) is 17.5 Å². The molecule has 0 spiro atoms. The predicted molar refractivity (Wildman–Crippen MR) is 125 cm³/mol. The van der Waals surface area contributed by atoms with E-state index in [1.807, 2.05) is 38.1 Å². The van der Waals surface area contributed by atoms with E-state index < -0.39 is 11.3 Å². The summed E-state index contributed by atoms with van der Waals surface area (Å²) in [6, 6.07) is 19.1. The molecule has 4 rings (SSSR count). The maximum atomic E-state index is 13.3. The molecule has 0 aliphatic rings. The fourth-order valence-electron chi connectivity index (χ4n) is 3.64. The molecule has 0 aliphatic carbocycles. The van der Waals surface area contributed by atoms with E-state index in [9.17, 15) is 13.6 Å². The average Bonchev–Trinajstić information content (AvgIpc) is 3.24. The number of amides is 1. The first-order chi connectivity index (χ1) is 15.5. The van der Waals surface area contributed by atoms with Gasteiger partial charge < -0.3 is 9.73 Å². The highest BCUT2D eigenvalue weighted by atomic mass is 32.2. The van der Waals surface area contributed by atoms with Gasteiger partial charge in [0.25, 0.3) is 17.2 Å². The van der Waals surface area contributed by atoms with E-state index in [2.05, 4.69) is 10.3 Å². The molecule has 4 aromatic rings. The fraction of sp³-hybridized carbons (Fsp3) is 0.167. The summed E-state index contributed by atoms with van der Waals surface area (Å²) in [4.78, 5) is 17.6. The highest BCUT2D eigenvalue weighted by Crippen LogP contribution is 2.34. The normalized spacial score (nSPS) is 13.0. The number of furan rings is 1. The number of carbonyl (C=O) groups is 1. The van der Waals surface area contributed by atoms with Crippen LogP contribution >= 0.6 is 0 Å². The van der Waals surface area contributed by atoms with Gasteiger partial charge in [0.2, 0.25) is 0 Å². The lowest BCUT2D eigenvalue weighted by Gasteiger charge is -2.24. The summed E-state index contributed by atoms with van der Waals surface area (Å²) >= 11 is -2.44. The van der Waals surface area contributed by atoms with Crippen LogP contribution in [0.3, 0.4) is 0 Å². The van der Waals surface area contributed by atoms with E-state index in [4.69, 9.17) is 4.42 Å². The van der Waals surface area contributed by atoms with Crippen molar-refractivity contribution < 1.29 is 18.0 Å². The number of anilines is 2. The van der Waals surface area contributed by atoms with Gasteiger partial charge in [0.15, 0.2) is 0 Å². The van der Waals surface area contributed by atoms with E-state index in [1.165, 1.54) is 4.31 Å². The Morgan fingerprint density at radius 3 is 2.56 bits per heavy atom. The molecule has 164 valence electrons. The van der Waals surface area contributed by atoms with E-state index in [1.54, 1.807) is 48.7 Å². The molecule has 2 unspecified atom stereocenters. The molecule has 32 heavy (non-hydrogen) atoms. The molecular weight excluding hydrogens is 426 g/mol. The minimum atomic E-state index is -2.44. The Kier molecular flexibility index (Phi) is 6.34. The van der Waals surface area contributed by atoms with Crippen LogP contribution in [0.2, 0.25) is 0 Å². The van der Waals surface area contributed by atoms with Crippen molar-refractivity contribution in [3.05, 3.63) is 90.0 Å². The Bertz CT molecular complexity index is 1280. The third-order valence-corrected chi connectivity index (χ3v) is 5.88. The number of nitrogens with zero attached hydrogens (tertiary/aromatic N) is 2. The van der Waals surface area contributed by atoms with Crippen molar-refractivity contribution >= 4 is 39.5 Å². The molecule has 8 heteroatoms. The summed E-state index contributed by atoms with van der Waals surface area (Å²) < 4.78 is 29.6. The van der Waals surface area contributed by atoms with Crippen LogP contribution < -0.4 is 9.62 Å². The van der Waals surface area contributed by atoms with Crippen molar-refractivity contribution in [2.24, 2.45) is 0 Å². The van der Waals surface area contributed by atoms with Crippen LogP contribution in [-0.4, -0.2) is 19.7 Å². The lowest BCUT2D eigenvalue weighted by Crippen LogP contribution is -2.30. The van der Waals surface area contributed by atoms with Crippen LogP contribution in [0.1, 0.15) is 41.3 Å². The third kappa shape index (κ3) is 4.28. The summed E-state index contributed by atoms with van der Waals surface area (Å²) in [5.41, 5.74) is 1.56. The molecule has 2 aromatic carbocycles. The van der Waals surface area contributed by atoms with Gasteiger partial charge in [0.05, 0.1) is 28.5 Å². The van der Waals surface area contributed by atoms with Crippen LogP contribution in [0, 0.1) is 6.92 Å². The van der Waals surface area contributed by atoms with Gasteiger partial charge in [0, 0.05) is 11.6 Å². The predicted octanol–water partition coefficient (Wildman–Crippen LogP) is 5.29. The molecule has 0 aliphatic heterocycles. The van der Waals surface area contributed by atoms with E-state index in [0.29, 0.717) is 29.1 Å². The van der Waals surface area contributed by atoms with E-state index >= 15 is 0 Å². The largest absolute Gasteiger partial charge is 0.464 e. The number of aromatic nitrogens is 1. The minimum Gasteiger partial charge on any atom is -0.464 e. The summed E-state index contributed by atoms with van der Waals surface area (Å²) in [6.07, 6.45) is 2.25. The Labute approximate surface area is 188 Å². The van der Waals surface area contributed by atoms with Gasteiger partial charge in [-0.25, -0.2) is 8.51 Å². The molecule has 0 saturated carbocycles. The second-order valence-corrected chi connectivity index (χ2v) is 8.10. The maximum Gasteiger partial charge on any atom is 0.266 e. The van der Waals surface area contributed by atoms with Crippen LogP contribution in [-0.2, 0) is 11.3 Å². The first-order valence-corrected chi connectivity index (χ1v) is 11.3. The summed E-state index contributed by atoms with van der Waals surface area (Å²) in [5, 5.41) is 3.80. The van der Waals surface area contributed by atoms with Crippen molar-refractivity contribution in [1.82, 2.24) is 10.3 Å². The number of hydrogen-bond donors (Lipinski definition) is 2. The number of fused-ring (bicyclic) bond motifs is 1. The standard InChI is InChI=1S/C24H23N3O4S/c1-3-19(22-14-13-16(2)31-22)26-24(28)18-10-4-5-11-20(18)27(32(29)30)21-12-6-8-17-9-7-15-25-23(17)21/h4-15,19H,3H2,1-2H3,(H,26,28)(H,29,30). The fourth-order valence-corrected chi connectivity index (χ4v) is 4.29. The van der Waals surface area contributed by atoms with Gasteiger partial charge in [-0.15, -0.1) is 0 Å². The summed E-state index contributed by atoms with van der Waals surface area (Å²) in [6.45, 7) is 3.80. The summed E-state index contributed by atoms with van der Waals surface area (Å²) in [5.74, 6) is 1.06. The molecule has 0 saturated heterocycles. The van der Waals surface area contributed by atoms with Gasteiger partial charge in [-0.05, 0) is 49.7 Å². The topological polar surface area (TPSA) is 95.7 Å². The monoisotopic (exact) mass is 449 g/mol. The Hall–Kier alpha value is -3.49. The van der Waals surface area contributed by atoms with Crippen LogP contribution in [0.5, 0.6) is 0 Å². The van der Waals surface area contributed by atoms with Gasteiger partial charge >= 0.3 is 0 Å². The molecular formula is C24H23N3O4S. The van der Waals surface area contributed by atoms with Gasteiger partial charge in [0.1, 0.15) is 11.5 Å². The summed E-state index contributed by atoms with van der Waals surface area (Å²) in [7, 11) is 0. The molecule has 0 fully saturated rings. The van der Waals surface area contributed by atoms with Gasteiger partial charge in [-0.3, -0.25) is 14.3 Å². The number of para-hydroxylation sites is 2. The number of rotatable bonds is 7. The molecule has 2 aromatic heterocycles. The number of benzene rings is 2. The quantitative estimate of drug-likeness (QED) is 0.374. The zero-order valence-corrected chi connectivity index (χ0v) is 18.5. The molecule has 7 nitrogen and oxygen atoms in total. The van der Waals surface area contributed by atoms with Crippen LogP contribution in [0.4, 0.5) is 11.4 Å².